The number of rotatable bonds is 9. The zero-order valence-electron chi connectivity index (χ0n) is 16.9. The van der Waals surface area contributed by atoms with Gasteiger partial charge in [0.2, 0.25) is 0 Å². The van der Waals surface area contributed by atoms with Gasteiger partial charge in [-0.05, 0) is 54.0 Å². The van der Waals surface area contributed by atoms with Crippen LogP contribution in [0, 0.1) is 0 Å². The number of benzene rings is 2. The lowest BCUT2D eigenvalue weighted by atomic mass is 10.0. The molecule has 0 heterocycles. The Morgan fingerprint density at radius 1 is 0.968 bits per heavy atom. The zero-order valence-corrected chi connectivity index (χ0v) is 16.9. The summed E-state index contributed by atoms with van der Waals surface area (Å²) in [7, 11) is 0. The van der Waals surface area contributed by atoms with Gasteiger partial charge in [0.05, 0.1) is 17.7 Å². The van der Waals surface area contributed by atoms with E-state index in [2.05, 4.69) is 18.8 Å². The second-order valence-electron chi connectivity index (χ2n) is 6.90. The van der Waals surface area contributed by atoms with Gasteiger partial charge in [-0.2, -0.15) is 26.3 Å². The Kier molecular flexibility index (Phi) is 8.19. The molecule has 8 heteroatoms. The van der Waals surface area contributed by atoms with Crippen LogP contribution in [0.4, 0.5) is 26.3 Å². The molecule has 0 aromatic heterocycles. The van der Waals surface area contributed by atoms with Crippen molar-refractivity contribution in [1.29, 1.82) is 0 Å². The Balaban J connectivity index is 2.00. The number of halogens is 6. The van der Waals surface area contributed by atoms with Crippen LogP contribution in [0.2, 0.25) is 0 Å². The SMILES string of the molecule is C=C(/C=C/c1ccc(OCCCC)cc1)NCc1cc(C(F)(F)F)cc(C(F)(F)F)c1. The molecule has 0 radical (unpaired) electrons. The minimum atomic E-state index is -4.88. The maximum absolute atomic E-state index is 12.9. The number of ether oxygens (including phenoxy) is 1. The van der Waals surface area contributed by atoms with Gasteiger partial charge in [0.1, 0.15) is 5.75 Å². The summed E-state index contributed by atoms with van der Waals surface area (Å²) in [5.41, 5.74) is -1.66. The summed E-state index contributed by atoms with van der Waals surface area (Å²) in [5.74, 6) is 0.743. The molecule has 0 unspecified atom stereocenters. The molecule has 0 amide bonds. The van der Waals surface area contributed by atoms with Gasteiger partial charge < -0.3 is 10.1 Å². The molecule has 168 valence electrons. The van der Waals surface area contributed by atoms with Crippen molar-refractivity contribution < 1.29 is 31.1 Å². The molecule has 2 aromatic carbocycles. The summed E-state index contributed by atoms with van der Waals surface area (Å²) < 4.78 is 83.2. The first-order valence-electron chi connectivity index (χ1n) is 9.61. The lowest BCUT2D eigenvalue weighted by molar-refractivity contribution is -0.143. The lowest BCUT2D eigenvalue weighted by Crippen LogP contribution is -2.15. The number of nitrogens with one attached hydrogen (secondary N) is 1. The Hall–Kier alpha value is -2.90. The van der Waals surface area contributed by atoms with Gasteiger partial charge in [-0.3, -0.25) is 0 Å². The summed E-state index contributed by atoms with van der Waals surface area (Å²) in [5, 5.41) is 2.73. The van der Waals surface area contributed by atoms with Crippen LogP contribution in [0.3, 0.4) is 0 Å². The van der Waals surface area contributed by atoms with Gasteiger partial charge in [-0.1, -0.05) is 38.1 Å². The molecular weight excluding hydrogens is 420 g/mol. The fraction of sp³-hybridized carbons (Fsp3) is 0.304. The van der Waals surface area contributed by atoms with Crippen LogP contribution in [-0.2, 0) is 18.9 Å². The first kappa shape index (κ1) is 24.4. The molecule has 0 aliphatic heterocycles. The van der Waals surface area contributed by atoms with E-state index in [4.69, 9.17) is 4.74 Å². The molecule has 2 nitrogen and oxygen atoms in total. The van der Waals surface area contributed by atoms with Crippen LogP contribution in [0.25, 0.3) is 6.08 Å². The molecule has 31 heavy (non-hydrogen) atoms. The summed E-state index contributed by atoms with van der Waals surface area (Å²) in [4.78, 5) is 0. The van der Waals surface area contributed by atoms with E-state index >= 15 is 0 Å². The smallest absolute Gasteiger partial charge is 0.416 e. The van der Waals surface area contributed by atoms with Gasteiger partial charge in [-0.15, -0.1) is 0 Å². The monoisotopic (exact) mass is 443 g/mol. The van der Waals surface area contributed by atoms with Gasteiger partial charge >= 0.3 is 12.4 Å². The van der Waals surface area contributed by atoms with E-state index in [1.165, 1.54) is 0 Å². The topological polar surface area (TPSA) is 21.3 Å². The molecule has 0 fully saturated rings. The normalized spacial score (nSPS) is 12.2. The number of alkyl halides is 6. The van der Waals surface area contributed by atoms with Crippen molar-refractivity contribution in [3.8, 4) is 5.75 Å². The summed E-state index contributed by atoms with van der Waals surface area (Å²) in [6.07, 6.45) is -4.44. The number of hydrogen-bond donors (Lipinski definition) is 1. The summed E-state index contributed by atoms with van der Waals surface area (Å²) in [6, 6.07) is 8.77. The van der Waals surface area contributed by atoms with Crippen molar-refractivity contribution >= 4 is 6.08 Å². The van der Waals surface area contributed by atoms with Gasteiger partial charge in [0.25, 0.3) is 0 Å². The molecular formula is C23H23F6NO. The predicted molar refractivity (Wildman–Crippen MR) is 108 cm³/mol. The minimum Gasteiger partial charge on any atom is -0.494 e. The Morgan fingerprint density at radius 3 is 2.06 bits per heavy atom. The molecule has 0 bridgehead atoms. The quantitative estimate of drug-likeness (QED) is 0.251. The lowest BCUT2D eigenvalue weighted by Gasteiger charge is -2.15. The largest absolute Gasteiger partial charge is 0.494 e. The second-order valence-corrected chi connectivity index (χ2v) is 6.90. The van der Waals surface area contributed by atoms with Crippen LogP contribution >= 0.6 is 0 Å². The fourth-order valence-electron chi connectivity index (χ4n) is 2.60. The molecule has 2 rings (SSSR count). The van der Waals surface area contributed by atoms with E-state index in [0.29, 0.717) is 24.4 Å². The highest BCUT2D eigenvalue weighted by molar-refractivity contribution is 5.53. The van der Waals surface area contributed by atoms with E-state index in [1.807, 2.05) is 24.3 Å². The van der Waals surface area contributed by atoms with Gasteiger partial charge in [0, 0.05) is 12.2 Å². The van der Waals surface area contributed by atoms with E-state index < -0.39 is 23.5 Å². The maximum atomic E-state index is 12.9. The van der Waals surface area contributed by atoms with Crippen molar-refractivity contribution in [2.75, 3.05) is 6.61 Å². The molecule has 0 saturated heterocycles. The van der Waals surface area contributed by atoms with Gasteiger partial charge in [-0.25, -0.2) is 0 Å². The highest BCUT2D eigenvalue weighted by atomic mass is 19.4. The Labute approximate surface area is 177 Å². The van der Waals surface area contributed by atoms with E-state index in [1.54, 1.807) is 12.2 Å². The number of unbranched alkanes of at least 4 members (excludes halogenated alkanes) is 1. The van der Waals surface area contributed by atoms with Crippen LogP contribution < -0.4 is 10.1 Å². The minimum absolute atomic E-state index is 0.105. The zero-order chi connectivity index (χ0) is 23.1. The molecule has 0 atom stereocenters. The molecule has 0 saturated carbocycles. The van der Waals surface area contributed by atoms with Crippen LogP contribution in [-0.4, -0.2) is 6.61 Å². The first-order chi connectivity index (χ1) is 14.5. The van der Waals surface area contributed by atoms with Crippen molar-refractivity contribution in [2.45, 2.75) is 38.7 Å². The maximum Gasteiger partial charge on any atom is 0.416 e. The third-order valence-electron chi connectivity index (χ3n) is 4.29. The Morgan fingerprint density at radius 2 is 1.55 bits per heavy atom. The molecule has 0 spiro atoms. The molecule has 2 aromatic rings. The van der Waals surface area contributed by atoms with Crippen LogP contribution in [0.1, 0.15) is 42.0 Å². The van der Waals surface area contributed by atoms with Crippen molar-refractivity contribution in [1.82, 2.24) is 5.32 Å². The third kappa shape index (κ3) is 8.03. The molecule has 1 N–H and O–H groups in total. The summed E-state index contributed by atoms with van der Waals surface area (Å²) >= 11 is 0. The number of allylic oxidation sites excluding steroid dienone is 1. The second kappa shape index (κ2) is 10.4. The average molecular weight is 443 g/mol. The van der Waals surface area contributed by atoms with Crippen molar-refractivity contribution in [3.63, 3.8) is 0 Å². The molecule has 0 aliphatic carbocycles. The van der Waals surface area contributed by atoms with Crippen LogP contribution in [0.15, 0.2) is 60.8 Å². The highest BCUT2D eigenvalue weighted by Gasteiger charge is 2.36. The summed E-state index contributed by atoms with van der Waals surface area (Å²) in [6.45, 7) is 6.20. The van der Waals surface area contributed by atoms with E-state index in [0.717, 1.165) is 24.2 Å². The van der Waals surface area contributed by atoms with Gasteiger partial charge in [0.15, 0.2) is 0 Å². The average Bonchev–Trinajstić information content (AvgIpc) is 2.70. The number of hydrogen-bond acceptors (Lipinski definition) is 2. The highest BCUT2D eigenvalue weighted by Crippen LogP contribution is 2.36. The fourth-order valence-corrected chi connectivity index (χ4v) is 2.60. The van der Waals surface area contributed by atoms with Crippen molar-refractivity contribution in [3.05, 3.63) is 83.1 Å². The van der Waals surface area contributed by atoms with E-state index in [9.17, 15) is 26.3 Å². The molecule has 0 aliphatic rings. The van der Waals surface area contributed by atoms with E-state index in [-0.39, 0.29) is 18.2 Å². The standard InChI is InChI=1S/C23H23F6NO/c1-3-4-11-31-21-9-7-17(8-10-21)6-5-16(2)30-15-18-12-19(22(24,25)26)14-20(13-18)23(27,28)29/h5-10,12-14,30H,2-4,11,15H2,1H3/b6-5+. The first-order valence-corrected chi connectivity index (χ1v) is 9.61. The third-order valence-corrected chi connectivity index (χ3v) is 4.29. The Bertz CT molecular complexity index is 866. The predicted octanol–water partition coefficient (Wildman–Crippen LogP) is 7.22. The van der Waals surface area contributed by atoms with Crippen LogP contribution in [0.5, 0.6) is 5.75 Å². The van der Waals surface area contributed by atoms with Crippen molar-refractivity contribution in [2.24, 2.45) is 0 Å².